The molecule has 0 aliphatic rings. The topological polar surface area (TPSA) is 72.5 Å². The molecule has 0 aromatic heterocycles. The smallest absolute Gasteiger partial charge is 0.446 e. The summed E-state index contributed by atoms with van der Waals surface area (Å²) in [6.45, 7) is 2.99. The van der Waals surface area contributed by atoms with E-state index in [1.54, 1.807) is 0 Å². The average molecular weight is 323 g/mol. The van der Waals surface area contributed by atoms with Gasteiger partial charge in [0.15, 0.2) is 0 Å². The molecule has 0 bridgehead atoms. The second-order valence-corrected chi connectivity index (χ2v) is 6.10. The van der Waals surface area contributed by atoms with Gasteiger partial charge in [-0.2, -0.15) is 13.2 Å². The zero-order chi connectivity index (χ0) is 16.4. The summed E-state index contributed by atoms with van der Waals surface area (Å²) in [4.78, 5) is 11.6. The van der Waals surface area contributed by atoms with Crippen molar-refractivity contribution in [2.45, 2.75) is 30.3 Å². The Bertz CT molecular complexity index is 532. The molecule has 0 radical (unpaired) electrons. The monoisotopic (exact) mass is 323 g/mol. The summed E-state index contributed by atoms with van der Waals surface area (Å²) in [6, 6.07) is 2.37. The number of ether oxygens (including phenoxy) is 1. The first-order valence-corrected chi connectivity index (χ1v) is 6.73. The number of methoxy groups -OCH3 is 1. The Labute approximate surface area is 124 Å². The van der Waals surface area contributed by atoms with Crippen LogP contribution >= 0.6 is 11.8 Å². The number of thioether (sulfide) groups is 1. The zero-order valence-corrected chi connectivity index (χ0v) is 12.5. The average Bonchev–Trinajstić information content (AvgIpc) is 2.37. The molecule has 0 saturated carbocycles. The van der Waals surface area contributed by atoms with E-state index in [0.717, 1.165) is 18.2 Å². The molecule has 21 heavy (non-hydrogen) atoms. The van der Waals surface area contributed by atoms with Gasteiger partial charge in [0, 0.05) is 16.5 Å². The second kappa shape index (κ2) is 6.15. The molecule has 0 fully saturated rings. The summed E-state index contributed by atoms with van der Waals surface area (Å²) in [5.41, 5.74) is 0.338. The van der Waals surface area contributed by atoms with Crippen LogP contribution in [0.5, 0.6) is 5.75 Å². The number of aromatic hydroxyl groups is 1. The van der Waals surface area contributed by atoms with E-state index in [2.05, 4.69) is 4.74 Å². The van der Waals surface area contributed by atoms with Crippen LogP contribution in [0.25, 0.3) is 0 Å². The van der Waals surface area contributed by atoms with Crippen molar-refractivity contribution >= 4 is 17.7 Å². The molecule has 3 N–H and O–H groups in total. The number of phenolic OH excluding ortho intramolecular Hbond substituents is 1. The summed E-state index contributed by atoms with van der Waals surface area (Å²) in [7, 11) is 1.19. The molecule has 0 amide bonds. The standard InChI is InChI=1S/C13H16F3NO3S/c1-12(2,11(19)20-3)10(17)8-6-7(4-5-9(8)18)21-13(14,15)16/h4-6,10,18H,17H2,1-3H3/t10-/m0/s1. The molecule has 1 aromatic rings. The molecule has 1 aromatic carbocycles. The highest BCUT2D eigenvalue weighted by atomic mass is 32.2. The van der Waals surface area contributed by atoms with Gasteiger partial charge in [0.2, 0.25) is 0 Å². The third-order valence-electron chi connectivity index (χ3n) is 3.06. The van der Waals surface area contributed by atoms with Crippen LogP contribution in [0.4, 0.5) is 13.2 Å². The van der Waals surface area contributed by atoms with Crippen LogP contribution in [0.2, 0.25) is 0 Å². The number of halogens is 3. The highest BCUT2D eigenvalue weighted by Gasteiger charge is 2.38. The third-order valence-corrected chi connectivity index (χ3v) is 3.78. The van der Waals surface area contributed by atoms with Crippen molar-refractivity contribution in [2.24, 2.45) is 11.1 Å². The lowest BCUT2D eigenvalue weighted by Crippen LogP contribution is -2.37. The molecule has 0 aliphatic heterocycles. The largest absolute Gasteiger partial charge is 0.508 e. The van der Waals surface area contributed by atoms with Gasteiger partial charge in [-0.15, -0.1) is 0 Å². The molecule has 1 atom stereocenters. The van der Waals surface area contributed by atoms with Gasteiger partial charge in [-0.1, -0.05) is 0 Å². The maximum absolute atomic E-state index is 12.4. The van der Waals surface area contributed by atoms with Crippen LogP contribution in [-0.4, -0.2) is 23.7 Å². The fourth-order valence-electron chi connectivity index (χ4n) is 1.76. The maximum Gasteiger partial charge on any atom is 0.446 e. The molecule has 0 saturated heterocycles. The Morgan fingerprint density at radius 3 is 2.43 bits per heavy atom. The summed E-state index contributed by atoms with van der Waals surface area (Å²) >= 11 is -0.317. The number of alkyl halides is 3. The van der Waals surface area contributed by atoms with Crippen molar-refractivity contribution < 1.29 is 27.8 Å². The lowest BCUT2D eigenvalue weighted by molar-refractivity contribution is -0.152. The van der Waals surface area contributed by atoms with E-state index >= 15 is 0 Å². The zero-order valence-electron chi connectivity index (χ0n) is 11.7. The predicted octanol–water partition coefficient (Wildman–Crippen LogP) is 3.20. The molecule has 0 spiro atoms. The molecule has 0 heterocycles. The molecule has 8 heteroatoms. The van der Waals surface area contributed by atoms with Gasteiger partial charge in [-0.3, -0.25) is 4.79 Å². The maximum atomic E-state index is 12.4. The van der Waals surface area contributed by atoms with Gasteiger partial charge in [0.05, 0.1) is 12.5 Å². The van der Waals surface area contributed by atoms with E-state index < -0.39 is 22.9 Å². The van der Waals surface area contributed by atoms with Crippen LogP contribution in [-0.2, 0) is 9.53 Å². The summed E-state index contributed by atoms with van der Waals surface area (Å²) < 4.78 is 41.8. The minimum atomic E-state index is -4.45. The van der Waals surface area contributed by atoms with Gasteiger partial charge >= 0.3 is 11.5 Å². The minimum Gasteiger partial charge on any atom is -0.508 e. The van der Waals surface area contributed by atoms with Crippen LogP contribution in [0, 0.1) is 5.41 Å². The number of phenols is 1. The molecule has 118 valence electrons. The van der Waals surface area contributed by atoms with Crippen molar-refractivity contribution in [3.63, 3.8) is 0 Å². The van der Waals surface area contributed by atoms with Crippen LogP contribution < -0.4 is 5.73 Å². The van der Waals surface area contributed by atoms with E-state index in [4.69, 9.17) is 5.73 Å². The third kappa shape index (κ3) is 4.28. The second-order valence-electron chi connectivity index (χ2n) is 4.96. The number of nitrogens with two attached hydrogens (primary N) is 1. The lowest BCUT2D eigenvalue weighted by atomic mass is 9.81. The van der Waals surface area contributed by atoms with Crippen molar-refractivity contribution in [3.05, 3.63) is 23.8 Å². The van der Waals surface area contributed by atoms with Gasteiger partial charge in [-0.05, 0) is 43.8 Å². The fourth-order valence-corrected chi connectivity index (χ4v) is 2.35. The summed E-state index contributed by atoms with van der Waals surface area (Å²) in [6.07, 6.45) is 0. The SMILES string of the molecule is COC(=O)C(C)(C)[C@@H](N)c1cc(SC(F)(F)F)ccc1O. The van der Waals surface area contributed by atoms with Crippen molar-refractivity contribution in [1.82, 2.24) is 0 Å². The number of rotatable bonds is 4. The summed E-state index contributed by atoms with van der Waals surface area (Å²) in [5, 5.41) is 9.80. The molecule has 0 unspecified atom stereocenters. The Morgan fingerprint density at radius 2 is 1.95 bits per heavy atom. The number of hydrogen-bond donors (Lipinski definition) is 2. The van der Waals surface area contributed by atoms with Crippen molar-refractivity contribution in [2.75, 3.05) is 7.11 Å². The molecular weight excluding hydrogens is 307 g/mol. The highest BCUT2D eigenvalue weighted by molar-refractivity contribution is 8.00. The van der Waals surface area contributed by atoms with E-state index in [-0.39, 0.29) is 28.0 Å². The quantitative estimate of drug-likeness (QED) is 0.657. The van der Waals surface area contributed by atoms with Gasteiger partial charge in [-0.25, -0.2) is 0 Å². The first-order valence-electron chi connectivity index (χ1n) is 5.91. The van der Waals surface area contributed by atoms with E-state index in [0.29, 0.717) is 0 Å². The molecule has 4 nitrogen and oxygen atoms in total. The van der Waals surface area contributed by atoms with E-state index in [1.165, 1.54) is 21.0 Å². The lowest BCUT2D eigenvalue weighted by Gasteiger charge is -2.29. The highest BCUT2D eigenvalue weighted by Crippen LogP contribution is 2.42. The molecular formula is C13H16F3NO3S. The minimum absolute atomic E-state index is 0.0552. The molecule has 0 aliphatic carbocycles. The number of benzene rings is 1. The number of carbonyl (C=O) groups excluding carboxylic acids is 1. The first kappa shape index (κ1) is 17.6. The van der Waals surface area contributed by atoms with Crippen molar-refractivity contribution in [3.8, 4) is 5.75 Å². The van der Waals surface area contributed by atoms with Crippen molar-refractivity contribution in [1.29, 1.82) is 0 Å². The Hall–Kier alpha value is -1.41. The molecule has 1 rings (SSSR count). The fraction of sp³-hybridized carbons (Fsp3) is 0.462. The van der Waals surface area contributed by atoms with Crippen LogP contribution in [0.15, 0.2) is 23.1 Å². The Balaban J connectivity index is 3.17. The normalized spacial score (nSPS) is 13.9. The van der Waals surface area contributed by atoms with E-state index in [9.17, 15) is 23.1 Å². The van der Waals surface area contributed by atoms with Gasteiger partial charge < -0.3 is 15.6 Å². The Morgan fingerprint density at radius 1 is 1.38 bits per heavy atom. The van der Waals surface area contributed by atoms with Gasteiger partial charge in [0.25, 0.3) is 0 Å². The number of esters is 1. The van der Waals surface area contributed by atoms with Crippen LogP contribution in [0.3, 0.4) is 0 Å². The van der Waals surface area contributed by atoms with Gasteiger partial charge in [0.1, 0.15) is 5.75 Å². The van der Waals surface area contributed by atoms with E-state index in [1.807, 2.05) is 0 Å². The number of hydrogen-bond acceptors (Lipinski definition) is 5. The Kier molecular flexibility index (Phi) is 5.16. The van der Waals surface area contributed by atoms with Crippen LogP contribution in [0.1, 0.15) is 25.5 Å². The number of carbonyl (C=O) groups is 1. The summed E-state index contributed by atoms with van der Waals surface area (Å²) in [5.74, 6) is -0.894. The first-order chi connectivity index (χ1) is 9.49. The predicted molar refractivity (Wildman–Crippen MR) is 72.7 cm³/mol.